The molecular weight excluding hydrogens is 796 g/mol. The van der Waals surface area contributed by atoms with Gasteiger partial charge in [-0.15, -0.1) is 0 Å². The predicted octanol–water partition coefficient (Wildman–Crippen LogP) is 7.86. The lowest BCUT2D eigenvalue weighted by Gasteiger charge is -2.13. The zero-order chi connectivity index (χ0) is 23.0. The Bertz CT molecular complexity index is 949. The monoisotopic (exact) mass is 804 g/mol. The molecule has 11 heteroatoms. The highest BCUT2D eigenvalue weighted by Gasteiger charge is 2.14. The molecule has 0 bridgehead atoms. The Morgan fingerprint density at radius 1 is 0.903 bits per heavy atom. The maximum absolute atomic E-state index is 11.1. The standard InChI is InChI=1S/C12H4Br6O.C8H10N2O2/c13-5-1-7(15)11(8(16)2-5)19-12-9(17)3-6(14)4-10(12)18;11-5-4-10-8(12)7-2-1-3-9-6-7/h1-4H;1-3,6,11H,4-5H2,(H,10,12). The molecule has 3 aromatic rings. The molecule has 0 saturated heterocycles. The van der Waals surface area contributed by atoms with Crippen molar-refractivity contribution >= 4 is 101 Å². The van der Waals surface area contributed by atoms with E-state index in [1.165, 1.54) is 6.20 Å². The van der Waals surface area contributed by atoms with Gasteiger partial charge in [0.05, 0.1) is 30.1 Å². The molecule has 0 saturated carbocycles. The van der Waals surface area contributed by atoms with Crippen LogP contribution >= 0.6 is 95.6 Å². The van der Waals surface area contributed by atoms with Gasteiger partial charge in [-0.1, -0.05) is 31.9 Å². The summed E-state index contributed by atoms with van der Waals surface area (Å²) in [5, 5.41) is 11.0. The topological polar surface area (TPSA) is 71.5 Å². The first-order chi connectivity index (χ1) is 14.7. The molecule has 0 spiro atoms. The zero-order valence-electron chi connectivity index (χ0n) is 15.5. The highest BCUT2D eigenvalue weighted by molar-refractivity contribution is 9.12. The number of ether oxygens (including phenoxy) is 1. The lowest BCUT2D eigenvalue weighted by atomic mass is 10.3. The Labute approximate surface area is 230 Å². The maximum Gasteiger partial charge on any atom is 0.252 e. The van der Waals surface area contributed by atoms with E-state index in [9.17, 15) is 4.79 Å². The fourth-order valence-corrected chi connectivity index (χ4v) is 6.96. The molecule has 31 heavy (non-hydrogen) atoms. The predicted molar refractivity (Wildman–Crippen MR) is 143 cm³/mol. The van der Waals surface area contributed by atoms with Crippen molar-refractivity contribution in [2.75, 3.05) is 13.2 Å². The third-order valence-corrected chi connectivity index (χ3v) is 6.72. The van der Waals surface area contributed by atoms with Crippen molar-refractivity contribution in [3.8, 4) is 11.5 Å². The molecule has 2 aromatic carbocycles. The first-order valence-corrected chi connectivity index (χ1v) is 13.2. The number of carbonyl (C=O) groups is 1. The Hall–Kier alpha value is -0.300. The molecule has 1 aromatic heterocycles. The van der Waals surface area contributed by atoms with Crippen molar-refractivity contribution < 1.29 is 14.6 Å². The summed E-state index contributed by atoms with van der Waals surface area (Å²) in [6, 6.07) is 11.1. The lowest BCUT2D eigenvalue weighted by Crippen LogP contribution is -2.26. The maximum atomic E-state index is 11.1. The fourth-order valence-electron chi connectivity index (χ4n) is 2.12. The molecule has 0 aliphatic carbocycles. The molecule has 0 unspecified atom stereocenters. The Kier molecular flexibility index (Phi) is 11.7. The number of rotatable bonds is 5. The van der Waals surface area contributed by atoms with E-state index in [0.717, 1.165) is 26.8 Å². The number of nitrogens with zero attached hydrogens (tertiary/aromatic N) is 1. The van der Waals surface area contributed by atoms with E-state index in [1.807, 2.05) is 24.3 Å². The van der Waals surface area contributed by atoms with Gasteiger partial charge in [-0.2, -0.15) is 0 Å². The molecule has 0 atom stereocenters. The first-order valence-electron chi connectivity index (χ1n) is 8.49. The number of nitrogens with one attached hydrogen (secondary N) is 1. The number of carbonyl (C=O) groups excluding carboxylic acids is 1. The van der Waals surface area contributed by atoms with Gasteiger partial charge in [0, 0.05) is 27.9 Å². The number of benzene rings is 2. The summed E-state index contributed by atoms with van der Waals surface area (Å²) in [7, 11) is 0. The highest BCUT2D eigenvalue weighted by Crippen LogP contribution is 2.44. The summed E-state index contributed by atoms with van der Waals surface area (Å²) < 4.78 is 11.3. The Morgan fingerprint density at radius 2 is 1.39 bits per heavy atom. The van der Waals surface area contributed by atoms with Crippen LogP contribution in [0.3, 0.4) is 0 Å². The van der Waals surface area contributed by atoms with Crippen LogP contribution in [0.15, 0.2) is 75.6 Å². The molecule has 5 nitrogen and oxygen atoms in total. The summed E-state index contributed by atoms with van der Waals surface area (Å²) in [6.07, 6.45) is 3.08. The van der Waals surface area contributed by atoms with Crippen LogP contribution in [-0.4, -0.2) is 29.1 Å². The molecule has 164 valence electrons. The number of pyridine rings is 1. The normalized spacial score (nSPS) is 10.2. The van der Waals surface area contributed by atoms with Crippen LogP contribution in [0.2, 0.25) is 0 Å². The number of aromatic nitrogens is 1. The average Bonchev–Trinajstić information content (AvgIpc) is 2.71. The minimum absolute atomic E-state index is 0.0496. The van der Waals surface area contributed by atoms with Crippen molar-refractivity contribution in [2.45, 2.75) is 0 Å². The highest BCUT2D eigenvalue weighted by atomic mass is 79.9. The van der Waals surface area contributed by atoms with Crippen LogP contribution < -0.4 is 10.1 Å². The van der Waals surface area contributed by atoms with Gasteiger partial charge in [0.1, 0.15) is 0 Å². The zero-order valence-corrected chi connectivity index (χ0v) is 25.0. The van der Waals surface area contributed by atoms with E-state index in [-0.39, 0.29) is 19.1 Å². The van der Waals surface area contributed by atoms with E-state index < -0.39 is 0 Å². The van der Waals surface area contributed by atoms with Crippen molar-refractivity contribution in [1.29, 1.82) is 0 Å². The second-order valence-corrected chi connectivity index (χ2v) is 11.0. The van der Waals surface area contributed by atoms with Crippen molar-refractivity contribution in [1.82, 2.24) is 10.3 Å². The molecule has 0 radical (unpaired) electrons. The largest absolute Gasteiger partial charge is 0.453 e. The second kappa shape index (κ2) is 13.4. The quantitative estimate of drug-likeness (QED) is 0.276. The van der Waals surface area contributed by atoms with E-state index in [0.29, 0.717) is 17.1 Å². The van der Waals surface area contributed by atoms with Crippen molar-refractivity contribution in [3.05, 3.63) is 81.2 Å². The molecule has 0 aliphatic rings. The summed E-state index contributed by atoms with van der Waals surface area (Å²) in [6.45, 7) is 0.222. The second-order valence-electron chi connectivity index (χ2n) is 5.72. The number of aliphatic hydroxyl groups excluding tert-OH is 1. The van der Waals surface area contributed by atoms with Crippen LogP contribution in [0.4, 0.5) is 0 Å². The molecule has 0 aliphatic heterocycles. The number of aliphatic hydroxyl groups is 1. The minimum atomic E-state index is -0.211. The smallest absolute Gasteiger partial charge is 0.252 e. The number of amides is 1. The van der Waals surface area contributed by atoms with Gasteiger partial charge in [-0.05, 0) is 100 Å². The first kappa shape index (κ1) is 26.9. The van der Waals surface area contributed by atoms with E-state index in [2.05, 4.69) is 106 Å². The van der Waals surface area contributed by atoms with Crippen LogP contribution in [0, 0.1) is 0 Å². The number of halogens is 6. The van der Waals surface area contributed by atoms with Gasteiger partial charge < -0.3 is 15.2 Å². The minimum Gasteiger partial charge on any atom is -0.453 e. The third-order valence-electron chi connectivity index (χ3n) is 3.45. The fraction of sp³-hybridized carbons (Fsp3) is 0.100. The SMILES string of the molecule is Brc1cc(Br)c(Oc2c(Br)cc(Br)cc2Br)c(Br)c1.O=C(NCCO)c1cccnc1. The van der Waals surface area contributed by atoms with Crippen molar-refractivity contribution in [3.63, 3.8) is 0 Å². The summed E-state index contributed by atoms with van der Waals surface area (Å²) in [5.74, 6) is 1.22. The van der Waals surface area contributed by atoms with Crippen molar-refractivity contribution in [2.24, 2.45) is 0 Å². The van der Waals surface area contributed by atoms with Crippen LogP contribution in [0.1, 0.15) is 10.4 Å². The van der Waals surface area contributed by atoms with Crippen LogP contribution in [0.5, 0.6) is 11.5 Å². The summed E-state index contributed by atoms with van der Waals surface area (Å²) in [5.41, 5.74) is 0.506. The van der Waals surface area contributed by atoms with Crippen LogP contribution in [0.25, 0.3) is 0 Å². The molecule has 2 N–H and O–H groups in total. The Balaban J connectivity index is 0.000000245. The molecule has 1 amide bonds. The third kappa shape index (κ3) is 8.53. The van der Waals surface area contributed by atoms with Gasteiger partial charge in [0.25, 0.3) is 5.91 Å². The van der Waals surface area contributed by atoms with Gasteiger partial charge >= 0.3 is 0 Å². The molecule has 3 rings (SSSR count). The van der Waals surface area contributed by atoms with Gasteiger partial charge in [0.15, 0.2) is 11.5 Å². The van der Waals surface area contributed by atoms with E-state index in [1.54, 1.807) is 18.3 Å². The van der Waals surface area contributed by atoms with Gasteiger partial charge in [0.2, 0.25) is 0 Å². The Morgan fingerprint density at radius 3 is 1.77 bits per heavy atom. The van der Waals surface area contributed by atoms with E-state index >= 15 is 0 Å². The molecule has 1 heterocycles. The van der Waals surface area contributed by atoms with Gasteiger partial charge in [-0.25, -0.2) is 0 Å². The summed E-state index contributed by atoms with van der Waals surface area (Å²) >= 11 is 20.8. The molecule has 0 fully saturated rings. The average molecular weight is 810 g/mol. The lowest BCUT2D eigenvalue weighted by molar-refractivity contribution is 0.0944. The molecular formula is C20H14Br6N2O3. The number of hydrogen-bond acceptors (Lipinski definition) is 4. The van der Waals surface area contributed by atoms with E-state index in [4.69, 9.17) is 9.84 Å². The summed E-state index contributed by atoms with van der Waals surface area (Å²) in [4.78, 5) is 14.9. The number of hydrogen-bond donors (Lipinski definition) is 2. The van der Waals surface area contributed by atoms with Gasteiger partial charge in [-0.3, -0.25) is 9.78 Å². The van der Waals surface area contributed by atoms with Crippen LogP contribution in [-0.2, 0) is 0 Å².